The molecule has 0 saturated heterocycles. The van der Waals surface area contributed by atoms with Gasteiger partial charge in [0.25, 0.3) is 5.91 Å². The molecule has 1 aromatic heterocycles. The lowest BCUT2D eigenvalue weighted by Gasteiger charge is -2.26. The molecule has 0 bridgehead atoms. The molecule has 0 unspecified atom stereocenters. The first-order valence-electron chi connectivity index (χ1n) is 6.90. The zero-order valence-corrected chi connectivity index (χ0v) is 13.7. The Bertz CT molecular complexity index is 469. The van der Waals surface area contributed by atoms with E-state index < -0.39 is 0 Å². The van der Waals surface area contributed by atoms with Crippen molar-refractivity contribution in [3.05, 3.63) is 22.8 Å². The van der Waals surface area contributed by atoms with E-state index in [1.807, 2.05) is 0 Å². The molecule has 1 heterocycles. The van der Waals surface area contributed by atoms with Crippen LogP contribution in [-0.2, 0) is 0 Å². The molecule has 0 radical (unpaired) electrons. The zero-order chi connectivity index (χ0) is 15.3. The summed E-state index contributed by atoms with van der Waals surface area (Å²) in [5.41, 5.74) is 0.342. The van der Waals surface area contributed by atoms with Crippen LogP contribution in [0.5, 0.6) is 0 Å². The summed E-state index contributed by atoms with van der Waals surface area (Å²) in [6.45, 7) is 9.81. The van der Waals surface area contributed by atoms with E-state index >= 15 is 0 Å². The number of halogens is 1. The van der Waals surface area contributed by atoms with Crippen molar-refractivity contribution < 1.29 is 4.79 Å². The largest absolute Gasteiger partial charge is 0.370 e. The molecule has 20 heavy (non-hydrogen) atoms. The zero-order valence-electron chi connectivity index (χ0n) is 13.0. The van der Waals surface area contributed by atoms with Crippen LogP contribution in [0.15, 0.2) is 12.1 Å². The van der Waals surface area contributed by atoms with Crippen molar-refractivity contribution >= 4 is 23.3 Å². The van der Waals surface area contributed by atoms with Gasteiger partial charge in [0.2, 0.25) is 0 Å². The Labute approximate surface area is 126 Å². The third-order valence-electron chi connectivity index (χ3n) is 2.66. The monoisotopic (exact) mass is 297 g/mol. The number of amides is 1. The molecule has 1 aromatic rings. The summed E-state index contributed by atoms with van der Waals surface area (Å²) in [6.07, 6.45) is 0.998. The van der Waals surface area contributed by atoms with Crippen molar-refractivity contribution in [1.29, 1.82) is 0 Å². The Balaban J connectivity index is 2.91. The number of nitrogens with zero attached hydrogens (tertiary/aromatic N) is 2. The van der Waals surface area contributed by atoms with E-state index in [9.17, 15) is 4.79 Å². The molecule has 5 heteroatoms. The fourth-order valence-corrected chi connectivity index (χ4v) is 2.09. The van der Waals surface area contributed by atoms with Crippen LogP contribution in [0.3, 0.4) is 0 Å². The lowest BCUT2D eigenvalue weighted by atomic mass is 9.96. The molecule has 0 atom stereocenters. The van der Waals surface area contributed by atoms with Crippen LogP contribution in [-0.4, -0.2) is 35.9 Å². The molecule has 0 aromatic carbocycles. The van der Waals surface area contributed by atoms with Gasteiger partial charge in [-0.1, -0.05) is 39.3 Å². The Kier molecular flexibility index (Phi) is 5.81. The van der Waals surface area contributed by atoms with Crippen LogP contribution in [0.2, 0.25) is 5.02 Å². The lowest BCUT2D eigenvalue weighted by molar-refractivity contribution is 0.0740. The average Bonchev–Trinajstić information content (AvgIpc) is 2.35. The summed E-state index contributed by atoms with van der Waals surface area (Å²) >= 11 is 6.10. The topological polar surface area (TPSA) is 45.2 Å². The molecule has 1 rings (SSSR count). The van der Waals surface area contributed by atoms with Crippen molar-refractivity contribution in [2.24, 2.45) is 5.41 Å². The number of hydrogen-bond acceptors (Lipinski definition) is 3. The van der Waals surface area contributed by atoms with Crippen LogP contribution < -0.4 is 5.32 Å². The van der Waals surface area contributed by atoms with E-state index in [0.717, 1.165) is 13.0 Å². The highest BCUT2D eigenvalue weighted by molar-refractivity contribution is 6.33. The summed E-state index contributed by atoms with van der Waals surface area (Å²) in [5, 5.41) is 3.55. The van der Waals surface area contributed by atoms with Gasteiger partial charge in [0, 0.05) is 20.1 Å². The van der Waals surface area contributed by atoms with Gasteiger partial charge in [-0.2, -0.15) is 0 Å². The van der Waals surface area contributed by atoms with E-state index in [2.05, 4.69) is 38.0 Å². The van der Waals surface area contributed by atoms with Gasteiger partial charge in [-0.25, -0.2) is 4.98 Å². The summed E-state index contributed by atoms with van der Waals surface area (Å²) < 4.78 is 0. The predicted octanol–water partition coefficient (Wildman–Crippen LogP) is 3.68. The number of nitrogens with one attached hydrogen (secondary N) is 1. The second kappa shape index (κ2) is 6.93. The molecule has 0 aliphatic rings. The minimum Gasteiger partial charge on any atom is -0.370 e. The predicted molar refractivity (Wildman–Crippen MR) is 84.4 cm³/mol. The van der Waals surface area contributed by atoms with Gasteiger partial charge in [0.15, 0.2) is 0 Å². The van der Waals surface area contributed by atoms with Gasteiger partial charge in [0.05, 0.1) is 5.02 Å². The molecular weight excluding hydrogens is 274 g/mol. The molecule has 0 aliphatic heterocycles. The number of carbonyl (C=O) groups is 1. The van der Waals surface area contributed by atoms with Crippen LogP contribution >= 0.6 is 11.6 Å². The highest BCUT2D eigenvalue weighted by Gasteiger charge is 2.22. The number of aromatic nitrogens is 1. The maximum absolute atomic E-state index is 12.4. The smallest absolute Gasteiger partial charge is 0.273 e. The van der Waals surface area contributed by atoms with Crippen molar-refractivity contribution in [2.75, 3.05) is 25.5 Å². The van der Waals surface area contributed by atoms with E-state index in [4.69, 9.17) is 11.6 Å². The minimum atomic E-state index is -0.148. The molecular formula is C15H24ClN3O. The Morgan fingerprint density at radius 2 is 2.05 bits per heavy atom. The first-order chi connectivity index (χ1) is 9.24. The third-order valence-corrected chi connectivity index (χ3v) is 2.97. The van der Waals surface area contributed by atoms with Gasteiger partial charge in [-0.3, -0.25) is 4.79 Å². The van der Waals surface area contributed by atoms with E-state index in [0.29, 0.717) is 23.1 Å². The van der Waals surface area contributed by atoms with E-state index in [1.165, 1.54) is 0 Å². The highest BCUT2D eigenvalue weighted by Crippen LogP contribution is 2.20. The van der Waals surface area contributed by atoms with Gasteiger partial charge in [-0.15, -0.1) is 0 Å². The number of rotatable bonds is 5. The van der Waals surface area contributed by atoms with Gasteiger partial charge >= 0.3 is 0 Å². The molecule has 0 saturated carbocycles. The first-order valence-corrected chi connectivity index (χ1v) is 7.28. The maximum atomic E-state index is 12.4. The van der Waals surface area contributed by atoms with Crippen molar-refractivity contribution in [1.82, 2.24) is 9.88 Å². The Morgan fingerprint density at radius 3 is 2.60 bits per heavy atom. The Hall–Kier alpha value is -1.29. The minimum absolute atomic E-state index is 0.0367. The molecule has 4 nitrogen and oxygen atoms in total. The molecule has 112 valence electrons. The fourth-order valence-electron chi connectivity index (χ4n) is 1.91. The van der Waals surface area contributed by atoms with Gasteiger partial charge in [-0.05, 0) is 24.0 Å². The summed E-state index contributed by atoms with van der Waals surface area (Å²) in [4.78, 5) is 18.4. The number of pyridine rings is 1. The number of hydrogen-bond donors (Lipinski definition) is 1. The second-order valence-corrected chi connectivity index (χ2v) is 6.58. The molecule has 1 amide bonds. The lowest BCUT2D eigenvalue weighted by Crippen LogP contribution is -2.35. The van der Waals surface area contributed by atoms with Crippen molar-refractivity contribution in [3.63, 3.8) is 0 Å². The normalized spacial score (nSPS) is 11.3. The molecule has 1 N–H and O–H groups in total. The van der Waals surface area contributed by atoms with Crippen LogP contribution in [0.4, 0.5) is 5.82 Å². The Morgan fingerprint density at radius 1 is 1.40 bits per heavy atom. The van der Waals surface area contributed by atoms with Gasteiger partial charge < -0.3 is 10.2 Å². The first kappa shape index (κ1) is 16.8. The molecule has 0 fully saturated rings. The van der Waals surface area contributed by atoms with Crippen LogP contribution in [0.25, 0.3) is 0 Å². The van der Waals surface area contributed by atoms with Gasteiger partial charge in [0.1, 0.15) is 11.5 Å². The maximum Gasteiger partial charge on any atom is 0.273 e. The number of carbonyl (C=O) groups excluding carboxylic acids is 1. The average molecular weight is 298 g/mol. The summed E-state index contributed by atoms with van der Waals surface area (Å²) in [7, 11) is 1.78. The van der Waals surface area contributed by atoms with Crippen LogP contribution in [0, 0.1) is 5.41 Å². The second-order valence-electron chi connectivity index (χ2n) is 6.18. The quantitative estimate of drug-likeness (QED) is 0.902. The molecule has 0 aliphatic carbocycles. The van der Waals surface area contributed by atoms with E-state index in [1.54, 1.807) is 24.1 Å². The summed E-state index contributed by atoms with van der Waals surface area (Å²) in [5.74, 6) is 0.536. The standard InChI is InChI=1S/C15H24ClN3O/c1-6-9-17-12-8-7-11(16)13(18-12)14(20)19(5)10-15(2,3)4/h7-8H,6,9-10H2,1-5H3,(H,17,18). The number of anilines is 1. The van der Waals surface area contributed by atoms with Crippen molar-refractivity contribution in [2.45, 2.75) is 34.1 Å². The highest BCUT2D eigenvalue weighted by atomic mass is 35.5. The van der Waals surface area contributed by atoms with Crippen molar-refractivity contribution in [3.8, 4) is 0 Å². The SMILES string of the molecule is CCCNc1ccc(Cl)c(C(=O)N(C)CC(C)(C)C)n1. The fraction of sp³-hybridized carbons (Fsp3) is 0.600. The van der Waals surface area contributed by atoms with E-state index in [-0.39, 0.29) is 11.3 Å². The molecule has 0 spiro atoms. The third kappa shape index (κ3) is 5.00. The summed E-state index contributed by atoms with van der Waals surface area (Å²) in [6, 6.07) is 3.50. The van der Waals surface area contributed by atoms with Crippen LogP contribution in [0.1, 0.15) is 44.6 Å².